The highest BCUT2D eigenvalue weighted by Crippen LogP contribution is 2.48. The van der Waals surface area contributed by atoms with Crippen LogP contribution in [0.2, 0.25) is 0 Å². The third-order valence-corrected chi connectivity index (χ3v) is 16.4. The molecule has 4 aliphatic carbocycles. The standard InChI is InChI=1S/C60H50N2S/c1-2-16-40(17-3-1)61(42-36-37-47-45-20-5-4-18-43(45)44-19-6-7-21-46(44)54(47)38-42)41-34-32-39(33-35-41)59-51(53-27-14-26-52-50-24-10-13-31-58(50)63-60(52)53)25-15-30-57(59)62-55-28-11-8-22-48(55)49-23-9-12-29-56(49)62/h1-9,11-12,15-23,25-26,28-30,32,34,36-39,41,51,59H,10,13-14,24,27,31,33,35H2. The fourth-order valence-electron chi connectivity index (χ4n) is 12.3. The lowest BCUT2D eigenvalue weighted by molar-refractivity contribution is 0.370. The molecule has 4 unspecified atom stereocenters. The number of anilines is 2. The van der Waals surface area contributed by atoms with E-state index >= 15 is 0 Å². The monoisotopic (exact) mass is 830 g/mol. The van der Waals surface area contributed by atoms with Gasteiger partial charge in [-0.25, -0.2) is 0 Å². The molecular formula is C60H50N2S. The third-order valence-electron chi connectivity index (χ3n) is 15.0. The summed E-state index contributed by atoms with van der Waals surface area (Å²) in [6.07, 6.45) is 24.9. The summed E-state index contributed by atoms with van der Waals surface area (Å²) < 4.78 is 4.24. The molecule has 306 valence electrons. The minimum absolute atomic E-state index is 0.221. The van der Waals surface area contributed by atoms with Crippen molar-refractivity contribution >= 4 is 94.2 Å². The quantitative estimate of drug-likeness (QED) is 0.120. The summed E-state index contributed by atoms with van der Waals surface area (Å²) in [5.41, 5.74) is 9.88. The number of thiophene rings is 1. The number of hydrogen-bond acceptors (Lipinski definition) is 2. The second kappa shape index (κ2) is 15.1. The number of hydrogen-bond donors (Lipinski definition) is 0. The van der Waals surface area contributed by atoms with Gasteiger partial charge in [0.1, 0.15) is 0 Å². The molecule has 3 heteroatoms. The lowest BCUT2D eigenvalue weighted by Crippen LogP contribution is -2.37. The van der Waals surface area contributed by atoms with Gasteiger partial charge in [-0.2, -0.15) is 0 Å². The van der Waals surface area contributed by atoms with E-state index in [0.29, 0.717) is 17.8 Å². The zero-order valence-corrected chi connectivity index (χ0v) is 36.4. The second-order valence-corrected chi connectivity index (χ2v) is 19.4. The molecule has 4 aliphatic rings. The normalized spacial score (nSPS) is 20.9. The summed E-state index contributed by atoms with van der Waals surface area (Å²) in [5.74, 6) is 1.01. The third kappa shape index (κ3) is 5.96. The van der Waals surface area contributed by atoms with Gasteiger partial charge in [0.2, 0.25) is 0 Å². The molecule has 4 atom stereocenters. The SMILES string of the molecule is C1=CC(C2=c3sc4c(c3=CCC2)CCCC4)C(C2C=CC(N(c3ccccc3)c3ccc4c5ccccc5c5ccccc5c4c3)CC2)C(n2c3ccccc3c3ccccc32)=C1. The summed E-state index contributed by atoms with van der Waals surface area (Å²) >= 11 is 2.14. The predicted octanol–water partition coefficient (Wildman–Crippen LogP) is 14.4. The van der Waals surface area contributed by atoms with Crippen molar-refractivity contribution in [2.24, 2.45) is 17.8 Å². The average molecular weight is 831 g/mol. The maximum atomic E-state index is 2.64. The minimum atomic E-state index is 0.221. The summed E-state index contributed by atoms with van der Waals surface area (Å²) in [4.78, 5) is 4.28. The summed E-state index contributed by atoms with van der Waals surface area (Å²) in [7, 11) is 0. The van der Waals surface area contributed by atoms with Crippen molar-refractivity contribution in [2.45, 2.75) is 57.4 Å². The van der Waals surface area contributed by atoms with Crippen LogP contribution in [0.1, 0.15) is 49.0 Å². The van der Waals surface area contributed by atoms with Gasteiger partial charge in [0.15, 0.2) is 0 Å². The number of aromatic nitrogens is 1. The fraction of sp³-hybridized carbons (Fsp3) is 0.200. The van der Waals surface area contributed by atoms with Gasteiger partial charge in [0.05, 0.1) is 17.1 Å². The highest BCUT2D eigenvalue weighted by atomic mass is 32.1. The van der Waals surface area contributed by atoms with E-state index in [1.54, 1.807) is 25.8 Å². The Morgan fingerprint density at radius 3 is 1.87 bits per heavy atom. The Kier molecular flexibility index (Phi) is 8.93. The molecule has 13 rings (SSSR count). The molecule has 9 aromatic rings. The van der Waals surface area contributed by atoms with Crippen LogP contribution in [0.3, 0.4) is 0 Å². The molecule has 0 fully saturated rings. The first-order valence-corrected chi connectivity index (χ1v) is 24.2. The van der Waals surface area contributed by atoms with Crippen molar-refractivity contribution in [3.05, 3.63) is 196 Å². The highest BCUT2D eigenvalue weighted by Gasteiger charge is 2.38. The van der Waals surface area contributed by atoms with Gasteiger partial charge in [-0.05, 0) is 148 Å². The number of allylic oxidation sites excluding steroid dienone is 5. The van der Waals surface area contributed by atoms with Crippen LogP contribution in [0.25, 0.3) is 71.5 Å². The van der Waals surface area contributed by atoms with Crippen LogP contribution in [0, 0.1) is 17.8 Å². The summed E-state index contributed by atoms with van der Waals surface area (Å²) in [6, 6.07) is 54.6. The zero-order chi connectivity index (χ0) is 41.4. The molecule has 63 heavy (non-hydrogen) atoms. The van der Waals surface area contributed by atoms with Crippen LogP contribution in [0.4, 0.5) is 11.4 Å². The average Bonchev–Trinajstić information content (AvgIpc) is 3.91. The fourth-order valence-corrected chi connectivity index (χ4v) is 13.8. The molecule has 0 saturated carbocycles. The Hall–Kier alpha value is -6.42. The molecule has 0 radical (unpaired) electrons. The number of rotatable bonds is 6. The van der Waals surface area contributed by atoms with Crippen LogP contribution < -0.4 is 14.7 Å². The molecule has 0 spiro atoms. The Labute approximate surface area is 373 Å². The maximum Gasteiger partial charge on any atom is 0.0537 e. The largest absolute Gasteiger partial charge is 0.335 e. The van der Waals surface area contributed by atoms with Crippen molar-refractivity contribution < 1.29 is 0 Å². The number of aryl methyl sites for hydroxylation is 1. The molecule has 0 aliphatic heterocycles. The molecule has 2 nitrogen and oxygen atoms in total. The first-order chi connectivity index (χ1) is 31.3. The smallest absolute Gasteiger partial charge is 0.0537 e. The zero-order valence-electron chi connectivity index (χ0n) is 35.6. The molecule has 0 saturated heterocycles. The van der Waals surface area contributed by atoms with Gasteiger partial charge >= 0.3 is 0 Å². The Morgan fingerprint density at radius 1 is 0.540 bits per heavy atom. The first-order valence-electron chi connectivity index (χ1n) is 23.3. The summed E-state index contributed by atoms with van der Waals surface area (Å²) in [5, 5.41) is 12.1. The van der Waals surface area contributed by atoms with Crippen LogP contribution in [0.15, 0.2) is 176 Å². The van der Waals surface area contributed by atoms with E-state index in [1.165, 1.54) is 96.9 Å². The lowest BCUT2D eigenvalue weighted by atomic mass is 9.69. The topological polar surface area (TPSA) is 8.17 Å². The van der Waals surface area contributed by atoms with E-state index in [-0.39, 0.29) is 6.04 Å². The van der Waals surface area contributed by atoms with Gasteiger partial charge in [-0.15, -0.1) is 11.3 Å². The van der Waals surface area contributed by atoms with Crippen LogP contribution in [-0.2, 0) is 12.8 Å². The van der Waals surface area contributed by atoms with E-state index in [2.05, 4.69) is 203 Å². The Bertz CT molecular complexity index is 3420. The van der Waals surface area contributed by atoms with Gasteiger partial charge in [0, 0.05) is 49.1 Å². The van der Waals surface area contributed by atoms with Crippen molar-refractivity contribution in [1.82, 2.24) is 4.57 Å². The Balaban J connectivity index is 0.955. The van der Waals surface area contributed by atoms with Crippen molar-refractivity contribution in [1.29, 1.82) is 0 Å². The van der Waals surface area contributed by atoms with E-state index in [0.717, 1.165) is 25.7 Å². The van der Waals surface area contributed by atoms with E-state index < -0.39 is 0 Å². The van der Waals surface area contributed by atoms with Crippen molar-refractivity contribution in [3.8, 4) is 0 Å². The predicted molar refractivity (Wildman–Crippen MR) is 270 cm³/mol. The first kappa shape index (κ1) is 37.2. The van der Waals surface area contributed by atoms with Crippen LogP contribution >= 0.6 is 11.3 Å². The van der Waals surface area contributed by atoms with E-state index in [9.17, 15) is 0 Å². The van der Waals surface area contributed by atoms with E-state index in [1.807, 2.05) is 0 Å². The van der Waals surface area contributed by atoms with Gasteiger partial charge in [-0.3, -0.25) is 0 Å². The van der Waals surface area contributed by atoms with Crippen molar-refractivity contribution in [3.63, 3.8) is 0 Å². The van der Waals surface area contributed by atoms with Gasteiger partial charge in [-0.1, -0.05) is 140 Å². The molecule has 0 amide bonds. The number of para-hydroxylation sites is 3. The summed E-state index contributed by atoms with van der Waals surface area (Å²) in [6.45, 7) is 0. The molecule has 0 bridgehead atoms. The maximum absolute atomic E-state index is 2.64. The number of benzene rings is 7. The molecule has 0 N–H and O–H groups in total. The van der Waals surface area contributed by atoms with Crippen LogP contribution in [-0.4, -0.2) is 10.6 Å². The molecule has 2 heterocycles. The molecule has 7 aromatic carbocycles. The minimum Gasteiger partial charge on any atom is -0.335 e. The van der Waals surface area contributed by atoms with Gasteiger partial charge < -0.3 is 9.47 Å². The van der Waals surface area contributed by atoms with E-state index in [4.69, 9.17) is 0 Å². The molecular weight excluding hydrogens is 781 g/mol. The number of nitrogens with zero attached hydrogens (tertiary/aromatic N) is 2. The second-order valence-electron chi connectivity index (χ2n) is 18.3. The number of fused-ring (bicyclic) bond motifs is 12. The Morgan fingerprint density at radius 2 is 1.17 bits per heavy atom. The highest BCUT2D eigenvalue weighted by molar-refractivity contribution is 7.10. The van der Waals surface area contributed by atoms with Gasteiger partial charge in [0.25, 0.3) is 0 Å². The lowest BCUT2D eigenvalue weighted by Gasteiger charge is -2.41. The molecule has 2 aromatic heterocycles. The van der Waals surface area contributed by atoms with Crippen molar-refractivity contribution in [2.75, 3.05) is 4.90 Å². The van der Waals surface area contributed by atoms with Crippen LogP contribution in [0.5, 0.6) is 0 Å².